The van der Waals surface area contributed by atoms with E-state index in [9.17, 15) is 4.79 Å². The smallest absolute Gasteiger partial charge is 0.224 e. The number of fused-ring (bicyclic) bond motifs is 1. The minimum Gasteiger partial charge on any atom is -0.370 e. The predicted octanol–water partition coefficient (Wildman–Crippen LogP) is 6.41. The van der Waals surface area contributed by atoms with Crippen LogP contribution in [-0.2, 0) is 11.2 Å². The highest BCUT2D eigenvalue weighted by atomic mass is 16.1. The van der Waals surface area contributed by atoms with Gasteiger partial charge in [-0.15, -0.1) is 0 Å². The van der Waals surface area contributed by atoms with Gasteiger partial charge in [0.1, 0.15) is 5.82 Å². The summed E-state index contributed by atoms with van der Waals surface area (Å²) in [6, 6.07) is 20.7. The Morgan fingerprint density at radius 3 is 2.35 bits per heavy atom. The number of hydrogen-bond acceptors (Lipinski definition) is 4. The van der Waals surface area contributed by atoms with Gasteiger partial charge >= 0.3 is 0 Å². The van der Waals surface area contributed by atoms with Crippen LogP contribution >= 0.6 is 0 Å². The monoisotopic (exact) mass is 496 g/mol. The highest BCUT2D eigenvalue weighted by Crippen LogP contribution is 2.61. The molecule has 4 saturated carbocycles. The summed E-state index contributed by atoms with van der Waals surface area (Å²) in [5.74, 6) is 3.68. The van der Waals surface area contributed by atoms with Gasteiger partial charge in [0, 0.05) is 18.4 Å². The Balaban J connectivity index is 0.987. The van der Waals surface area contributed by atoms with Crippen LogP contribution in [0.15, 0.2) is 60.7 Å². The number of carbonyl (C=O) groups excluding carboxylic acids is 1. The summed E-state index contributed by atoms with van der Waals surface area (Å²) in [5.41, 5.74) is 3.43. The largest absolute Gasteiger partial charge is 0.370 e. The number of benzene rings is 2. The average Bonchev–Trinajstić information content (AvgIpc) is 2.87. The van der Waals surface area contributed by atoms with Gasteiger partial charge in [-0.25, -0.2) is 4.98 Å². The Labute approximate surface area is 220 Å². The van der Waals surface area contributed by atoms with Crippen molar-refractivity contribution in [2.45, 2.75) is 57.8 Å². The van der Waals surface area contributed by atoms with Gasteiger partial charge in [0.05, 0.1) is 11.2 Å². The molecule has 3 aromatic rings. The lowest BCUT2D eigenvalue weighted by molar-refractivity contribution is -0.124. The van der Waals surface area contributed by atoms with E-state index in [0.717, 1.165) is 72.6 Å². The fourth-order valence-electron chi connectivity index (χ4n) is 7.84. The maximum atomic E-state index is 13.2. The van der Waals surface area contributed by atoms with Crippen LogP contribution in [-0.4, -0.2) is 30.5 Å². The number of hydrogen-bond donors (Lipinski definition) is 3. The quantitative estimate of drug-likeness (QED) is 0.268. The highest BCUT2D eigenvalue weighted by Gasteiger charge is 2.51. The minimum atomic E-state index is 0.177. The van der Waals surface area contributed by atoms with Crippen molar-refractivity contribution < 1.29 is 4.79 Å². The van der Waals surface area contributed by atoms with Crippen molar-refractivity contribution in [3.05, 3.63) is 66.2 Å². The van der Waals surface area contributed by atoms with Gasteiger partial charge < -0.3 is 16.0 Å². The van der Waals surface area contributed by atoms with Gasteiger partial charge in [0.2, 0.25) is 5.91 Å². The molecular weight excluding hydrogens is 456 g/mol. The summed E-state index contributed by atoms with van der Waals surface area (Å²) < 4.78 is 0. The van der Waals surface area contributed by atoms with Crippen molar-refractivity contribution in [3.63, 3.8) is 0 Å². The van der Waals surface area contributed by atoms with Crippen LogP contribution in [0, 0.1) is 23.2 Å². The lowest BCUT2D eigenvalue weighted by Gasteiger charge is -2.56. The van der Waals surface area contributed by atoms with Crippen molar-refractivity contribution in [2.75, 3.05) is 30.3 Å². The first-order valence-corrected chi connectivity index (χ1v) is 14.3. The molecule has 0 spiro atoms. The van der Waals surface area contributed by atoms with Crippen molar-refractivity contribution >= 4 is 28.3 Å². The molecule has 1 aromatic heterocycles. The molecule has 4 aliphatic carbocycles. The first-order valence-electron chi connectivity index (χ1n) is 14.3. The van der Waals surface area contributed by atoms with E-state index >= 15 is 0 Å². The number of rotatable bonds is 11. The second-order valence-corrected chi connectivity index (χ2v) is 12.0. The molecule has 4 aliphatic rings. The predicted molar refractivity (Wildman–Crippen MR) is 152 cm³/mol. The Kier molecular flexibility index (Phi) is 7.14. The topological polar surface area (TPSA) is 66.0 Å². The number of pyridine rings is 1. The molecule has 4 bridgehead atoms. The van der Waals surface area contributed by atoms with Crippen LogP contribution in [0.4, 0.5) is 11.5 Å². The fourth-order valence-corrected chi connectivity index (χ4v) is 7.84. The van der Waals surface area contributed by atoms with Crippen LogP contribution in [0.1, 0.15) is 56.9 Å². The number of anilines is 2. The van der Waals surface area contributed by atoms with Crippen LogP contribution < -0.4 is 16.0 Å². The Hall–Kier alpha value is -2.92. The number of nitrogens with one attached hydrogen (secondary N) is 3. The van der Waals surface area contributed by atoms with E-state index in [2.05, 4.69) is 52.3 Å². The molecule has 0 aliphatic heterocycles. The lowest BCUT2D eigenvalue weighted by atomic mass is 9.49. The van der Waals surface area contributed by atoms with E-state index < -0.39 is 0 Å². The third kappa shape index (κ3) is 5.82. The summed E-state index contributed by atoms with van der Waals surface area (Å²) in [4.78, 5) is 18.0. The lowest BCUT2D eigenvalue weighted by Crippen LogP contribution is -2.47. The van der Waals surface area contributed by atoms with Crippen molar-refractivity contribution in [1.82, 2.24) is 10.3 Å². The molecule has 0 radical (unpaired) electrons. The molecule has 0 saturated heterocycles. The van der Waals surface area contributed by atoms with Gasteiger partial charge in [0.15, 0.2) is 0 Å². The maximum Gasteiger partial charge on any atom is 0.224 e. The van der Waals surface area contributed by atoms with Crippen LogP contribution in [0.5, 0.6) is 0 Å². The second-order valence-electron chi connectivity index (χ2n) is 12.0. The highest BCUT2D eigenvalue weighted by molar-refractivity contribution is 6.01. The van der Waals surface area contributed by atoms with E-state index in [1.165, 1.54) is 44.1 Å². The van der Waals surface area contributed by atoms with E-state index in [1.807, 2.05) is 24.3 Å². The van der Waals surface area contributed by atoms with Crippen LogP contribution in [0.25, 0.3) is 10.9 Å². The summed E-state index contributed by atoms with van der Waals surface area (Å²) in [5, 5.41) is 11.2. The molecule has 2 aromatic carbocycles. The average molecular weight is 497 g/mol. The first-order chi connectivity index (χ1) is 18.1. The minimum absolute atomic E-state index is 0.177. The third-order valence-corrected chi connectivity index (χ3v) is 8.98. The number of nitrogens with zero attached hydrogens (tertiary/aromatic N) is 1. The number of amides is 1. The molecular formula is C32H40N4O. The summed E-state index contributed by atoms with van der Waals surface area (Å²) in [6.45, 7) is 2.85. The molecule has 0 unspecified atom stereocenters. The number of aromatic nitrogens is 1. The summed E-state index contributed by atoms with van der Waals surface area (Å²) in [7, 11) is 0. The third-order valence-electron chi connectivity index (χ3n) is 8.98. The van der Waals surface area contributed by atoms with Gasteiger partial charge in [-0.2, -0.15) is 0 Å². The molecule has 5 nitrogen and oxygen atoms in total. The van der Waals surface area contributed by atoms with Crippen molar-refractivity contribution in [2.24, 2.45) is 23.2 Å². The van der Waals surface area contributed by atoms with Gasteiger partial charge in [0.25, 0.3) is 0 Å². The molecule has 37 heavy (non-hydrogen) atoms. The van der Waals surface area contributed by atoms with E-state index in [-0.39, 0.29) is 11.3 Å². The van der Waals surface area contributed by atoms with Gasteiger partial charge in [-0.3, -0.25) is 4.79 Å². The first kappa shape index (κ1) is 24.4. The normalized spacial score (nSPS) is 25.9. The fraction of sp³-hybridized carbons (Fsp3) is 0.500. The molecule has 1 heterocycles. The Bertz CT molecular complexity index is 1190. The molecule has 3 N–H and O–H groups in total. The molecule has 4 fully saturated rings. The molecule has 0 atom stereocenters. The summed E-state index contributed by atoms with van der Waals surface area (Å²) in [6.07, 6.45) is 10.8. The molecule has 194 valence electrons. The zero-order valence-electron chi connectivity index (χ0n) is 21.8. The van der Waals surface area contributed by atoms with Crippen LogP contribution in [0.3, 0.4) is 0 Å². The van der Waals surface area contributed by atoms with Crippen molar-refractivity contribution in [3.8, 4) is 0 Å². The molecule has 1 amide bonds. The maximum absolute atomic E-state index is 13.2. The zero-order chi connectivity index (χ0) is 25.1. The van der Waals surface area contributed by atoms with E-state index in [0.29, 0.717) is 6.42 Å². The van der Waals surface area contributed by atoms with Crippen molar-refractivity contribution in [1.29, 1.82) is 0 Å². The Morgan fingerprint density at radius 1 is 0.838 bits per heavy atom. The summed E-state index contributed by atoms with van der Waals surface area (Å²) >= 11 is 0. The standard InChI is InChI=1S/C32H40N4O/c37-31(22-32-19-24-16-25(20-32)18-26(17-24)21-32)36-29-9-4-8-28-27(29)10-11-30(35-28)34-14-5-13-33-15-12-23-6-2-1-3-7-23/h1-4,6-11,24-26,33H,5,12-22H2,(H,34,35)(H,36,37). The van der Waals surface area contributed by atoms with Crippen LogP contribution in [0.2, 0.25) is 0 Å². The molecule has 5 heteroatoms. The number of carbonyl (C=O) groups is 1. The van der Waals surface area contributed by atoms with Gasteiger partial charge in [-0.1, -0.05) is 36.4 Å². The van der Waals surface area contributed by atoms with Gasteiger partial charge in [-0.05, 0) is 117 Å². The molecule has 7 rings (SSSR count). The Morgan fingerprint density at radius 2 is 1.59 bits per heavy atom. The van der Waals surface area contributed by atoms with E-state index in [4.69, 9.17) is 4.98 Å². The SMILES string of the molecule is O=C(CC12CC3CC(CC(C3)C1)C2)Nc1cccc2nc(NCCCNCCc3ccccc3)ccc12. The zero-order valence-corrected chi connectivity index (χ0v) is 21.8. The second kappa shape index (κ2) is 10.8. The van der Waals surface area contributed by atoms with E-state index in [1.54, 1.807) is 0 Å².